The molecule has 396 valence electrons. The van der Waals surface area contributed by atoms with Gasteiger partial charge in [0.25, 0.3) is 0 Å². The van der Waals surface area contributed by atoms with E-state index in [4.69, 9.17) is 42.1 Å². The van der Waals surface area contributed by atoms with Gasteiger partial charge in [-0.1, -0.05) is 57.8 Å². The SMILES string of the molecule is O=C(O)CC[C@@H](NC(=O)COCCOCCNC(=O)CCC(NC(=O)COCCOCCNC(=O)CSC1CCCCCCCCCCC1)C(=O)O)C(=O)N(CCNC(=O)CCl)CCNC(=O)CCl. The van der Waals surface area contributed by atoms with Crippen molar-refractivity contribution in [3.05, 3.63) is 0 Å². The fraction of sp³-hybridized carbons (Fsp3) is 0.795. The molecular formula is C44H75Cl2N7O15S. The Morgan fingerprint density at radius 1 is 0.522 bits per heavy atom. The monoisotopic (exact) mass is 1040 g/mol. The number of carboxylic acids is 2. The standard InChI is InChI=1S/C44H75Cl2N7O15S/c45-28-37(55)47-16-20-53(21-17-48-38(56)29-46)43(62)34(13-15-42(60)61)51-39(57)30-67-26-24-65-22-18-49-36(54)14-12-35(44(63)64)52-40(58)31-68-27-25-66-23-19-50-41(59)32-69-33-10-8-6-4-2-1-3-5-7-9-11-33/h33-35H,1-32H2,(H,47,55)(H,48,56)(H,49,54)(H,50,59)(H,51,57)(H,52,58)(H,60,61)(H,63,64)/t34-,35?/m1/s1. The number of carbonyl (C=O) groups excluding carboxylic acids is 7. The summed E-state index contributed by atoms with van der Waals surface area (Å²) < 4.78 is 21.4. The number of nitrogens with one attached hydrogen (secondary N) is 6. The predicted molar refractivity (Wildman–Crippen MR) is 258 cm³/mol. The highest BCUT2D eigenvalue weighted by Crippen LogP contribution is 2.25. The van der Waals surface area contributed by atoms with Crippen molar-refractivity contribution in [2.75, 3.05) is 110 Å². The number of carboxylic acid groups (broad SMARTS) is 2. The van der Waals surface area contributed by atoms with E-state index in [1.807, 2.05) is 0 Å². The Morgan fingerprint density at radius 3 is 1.43 bits per heavy atom. The molecule has 1 aliphatic rings. The normalized spacial score (nSPS) is 14.4. The van der Waals surface area contributed by atoms with Gasteiger partial charge in [-0.25, -0.2) is 4.79 Å². The minimum absolute atomic E-state index is 0.00214. The second-order valence-corrected chi connectivity index (χ2v) is 17.9. The molecule has 0 aliphatic heterocycles. The van der Waals surface area contributed by atoms with Crippen molar-refractivity contribution in [1.29, 1.82) is 0 Å². The molecule has 1 unspecified atom stereocenters. The van der Waals surface area contributed by atoms with Crippen LogP contribution in [-0.2, 0) is 62.1 Å². The topological polar surface area (TPSA) is 306 Å². The summed E-state index contributed by atoms with van der Waals surface area (Å²) in [4.78, 5) is 110. The second-order valence-electron chi connectivity index (χ2n) is 16.1. The van der Waals surface area contributed by atoms with Crippen LogP contribution in [0.25, 0.3) is 0 Å². The van der Waals surface area contributed by atoms with Gasteiger partial charge in [-0.15, -0.1) is 35.0 Å². The molecular weight excluding hydrogens is 969 g/mol. The van der Waals surface area contributed by atoms with Crippen molar-refractivity contribution in [2.45, 2.75) is 114 Å². The van der Waals surface area contributed by atoms with E-state index in [9.17, 15) is 53.4 Å². The fourth-order valence-electron chi connectivity index (χ4n) is 6.76. The molecule has 0 saturated heterocycles. The molecule has 0 aromatic rings. The molecule has 1 rings (SSSR count). The third kappa shape index (κ3) is 35.7. The minimum Gasteiger partial charge on any atom is -0.481 e. The third-order valence-corrected chi connectivity index (χ3v) is 12.2. The van der Waals surface area contributed by atoms with Crippen LogP contribution in [0.3, 0.4) is 0 Å². The third-order valence-electron chi connectivity index (χ3n) is 10.4. The van der Waals surface area contributed by atoms with Gasteiger partial charge in [-0.2, -0.15) is 0 Å². The van der Waals surface area contributed by atoms with Gasteiger partial charge in [0, 0.05) is 57.4 Å². The highest BCUT2D eigenvalue weighted by Gasteiger charge is 2.27. The summed E-state index contributed by atoms with van der Waals surface area (Å²) in [6, 6.07) is -2.60. The number of rotatable bonds is 37. The molecule has 8 N–H and O–H groups in total. The van der Waals surface area contributed by atoms with E-state index in [0.717, 1.165) is 12.8 Å². The van der Waals surface area contributed by atoms with Gasteiger partial charge in [0.2, 0.25) is 41.4 Å². The summed E-state index contributed by atoms with van der Waals surface area (Å²) in [7, 11) is 0. The number of thioether (sulfide) groups is 1. The zero-order valence-electron chi connectivity index (χ0n) is 39.7. The average Bonchev–Trinajstić information content (AvgIpc) is 3.31. The van der Waals surface area contributed by atoms with E-state index in [2.05, 4.69) is 31.9 Å². The number of nitrogens with zero attached hydrogens (tertiary/aromatic N) is 1. The lowest BCUT2D eigenvalue weighted by atomic mass is 10.0. The maximum atomic E-state index is 13.4. The van der Waals surface area contributed by atoms with Gasteiger partial charge in [0.1, 0.15) is 37.1 Å². The van der Waals surface area contributed by atoms with Gasteiger partial charge in [0.15, 0.2) is 0 Å². The largest absolute Gasteiger partial charge is 0.481 e. The van der Waals surface area contributed by atoms with Crippen molar-refractivity contribution >= 4 is 88.3 Å². The minimum atomic E-state index is -1.33. The molecule has 25 heteroatoms. The van der Waals surface area contributed by atoms with E-state index in [1.54, 1.807) is 11.8 Å². The van der Waals surface area contributed by atoms with Gasteiger partial charge < -0.3 is 66.0 Å². The van der Waals surface area contributed by atoms with E-state index in [1.165, 1.54) is 62.7 Å². The van der Waals surface area contributed by atoms with Crippen LogP contribution >= 0.6 is 35.0 Å². The van der Waals surface area contributed by atoms with Crippen LogP contribution in [-0.4, -0.2) is 195 Å². The number of halogens is 2. The fourth-order valence-corrected chi connectivity index (χ4v) is 8.10. The predicted octanol–water partition coefficient (Wildman–Crippen LogP) is 0.930. The van der Waals surface area contributed by atoms with Crippen molar-refractivity contribution in [2.24, 2.45) is 0 Å². The Balaban J connectivity index is 2.27. The van der Waals surface area contributed by atoms with Crippen LogP contribution in [0.4, 0.5) is 0 Å². The molecule has 1 saturated carbocycles. The number of amides is 7. The second kappa shape index (κ2) is 41.8. The molecule has 22 nitrogen and oxygen atoms in total. The van der Waals surface area contributed by atoms with E-state index >= 15 is 0 Å². The quantitative estimate of drug-likeness (QED) is 0.0317. The summed E-state index contributed by atoms with van der Waals surface area (Å²) >= 11 is 12.7. The Hall–Kier alpha value is -4.00. The van der Waals surface area contributed by atoms with Crippen molar-refractivity contribution in [3.63, 3.8) is 0 Å². The van der Waals surface area contributed by atoms with E-state index in [0.29, 0.717) is 17.5 Å². The first kappa shape index (κ1) is 63.0. The van der Waals surface area contributed by atoms with E-state index < -0.39 is 79.1 Å². The highest BCUT2D eigenvalue weighted by molar-refractivity contribution is 8.00. The molecule has 0 spiro atoms. The molecule has 0 radical (unpaired) electrons. The summed E-state index contributed by atoms with van der Waals surface area (Å²) in [5.41, 5.74) is 0. The first-order valence-corrected chi connectivity index (χ1v) is 25.8. The Morgan fingerprint density at radius 2 is 0.957 bits per heavy atom. The van der Waals surface area contributed by atoms with Crippen LogP contribution in [0.5, 0.6) is 0 Å². The molecule has 0 bridgehead atoms. The van der Waals surface area contributed by atoms with Crippen LogP contribution in [0, 0.1) is 0 Å². The number of carbonyl (C=O) groups is 9. The van der Waals surface area contributed by atoms with Crippen LogP contribution in [0.2, 0.25) is 0 Å². The molecule has 69 heavy (non-hydrogen) atoms. The van der Waals surface area contributed by atoms with Gasteiger partial charge in [-0.3, -0.25) is 38.4 Å². The lowest BCUT2D eigenvalue weighted by Crippen LogP contribution is -2.52. The van der Waals surface area contributed by atoms with Crippen molar-refractivity contribution in [3.8, 4) is 0 Å². The Kier molecular flexibility index (Phi) is 38.1. The number of hydrogen-bond donors (Lipinski definition) is 8. The van der Waals surface area contributed by atoms with Crippen LogP contribution < -0.4 is 31.9 Å². The Labute approximate surface area is 419 Å². The smallest absolute Gasteiger partial charge is 0.326 e. The number of ether oxygens (including phenoxy) is 4. The Bertz CT molecular complexity index is 1510. The number of alkyl halides is 2. The van der Waals surface area contributed by atoms with Gasteiger partial charge >= 0.3 is 11.9 Å². The first-order valence-electron chi connectivity index (χ1n) is 23.7. The molecule has 1 fully saturated rings. The van der Waals surface area contributed by atoms with Gasteiger partial charge in [0.05, 0.1) is 45.4 Å². The summed E-state index contributed by atoms with van der Waals surface area (Å²) in [5.74, 6) is -6.23. The lowest BCUT2D eigenvalue weighted by molar-refractivity contribution is -0.143. The summed E-state index contributed by atoms with van der Waals surface area (Å²) in [5, 5.41) is 34.5. The molecule has 1 aliphatic carbocycles. The van der Waals surface area contributed by atoms with Gasteiger partial charge in [-0.05, 0) is 25.7 Å². The number of hydrogen-bond acceptors (Lipinski definition) is 14. The number of aliphatic carboxylic acids is 2. The van der Waals surface area contributed by atoms with E-state index in [-0.39, 0.29) is 109 Å². The maximum absolute atomic E-state index is 13.4. The molecule has 2 atom stereocenters. The summed E-state index contributed by atoms with van der Waals surface area (Å²) in [6.07, 6.45) is 12.8. The summed E-state index contributed by atoms with van der Waals surface area (Å²) in [6.45, 7) is -0.0527. The van der Waals surface area contributed by atoms with Crippen molar-refractivity contribution < 1.29 is 72.3 Å². The van der Waals surface area contributed by atoms with Crippen molar-refractivity contribution in [1.82, 2.24) is 36.8 Å². The zero-order valence-corrected chi connectivity index (χ0v) is 42.0. The highest BCUT2D eigenvalue weighted by atomic mass is 35.5. The molecule has 0 aromatic heterocycles. The molecule has 0 aromatic carbocycles. The zero-order chi connectivity index (χ0) is 50.9. The molecule has 7 amide bonds. The average molecular weight is 1050 g/mol. The van der Waals surface area contributed by atoms with Crippen LogP contribution in [0.1, 0.15) is 96.3 Å². The molecule has 0 heterocycles. The lowest BCUT2D eigenvalue weighted by Gasteiger charge is -2.28. The maximum Gasteiger partial charge on any atom is 0.326 e. The first-order chi connectivity index (χ1) is 33.2. The van der Waals surface area contributed by atoms with Crippen LogP contribution in [0.15, 0.2) is 0 Å².